The number of aliphatic hydroxyl groups is 1. The number of ether oxygens (including phenoxy) is 2. The Balaban J connectivity index is 1.39. The van der Waals surface area contributed by atoms with Crippen LogP contribution in [0, 0.1) is 17.8 Å². The van der Waals surface area contributed by atoms with Crippen molar-refractivity contribution in [2.45, 2.75) is 50.6 Å². The number of hydrogen-bond donors (Lipinski definition) is 2. The van der Waals surface area contributed by atoms with Crippen molar-refractivity contribution in [1.82, 2.24) is 0 Å². The number of rotatable bonds is 5. The quantitative estimate of drug-likeness (QED) is 0.584. The minimum atomic E-state index is -0.674. The van der Waals surface area contributed by atoms with Gasteiger partial charge in [0.25, 0.3) is 0 Å². The Labute approximate surface area is 115 Å². The lowest BCUT2D eigenvalue weighted by molar-refractivity contribution is -0.150. The molecule has 1 saturated heterocycles. The van der Waals surface area contributed by atoms with E-state index in [1.165, 1.54) is 25.7 Å². The zero-order valence-electron chi connectivity index (χ0n) is 11.4. The lowest BCUT2D eigenvalue weighted by Gasteiger charge is -2.29. The molecule has 4 heteroatoms. The second-order valence-electron chi connectivity index (χ2n) is 6.27. The molecule has 3 rings (SSSR count). The van der Waals surface area contributed by atoms with Gasteiger partial charge < -0.3 is 20.3 Å². The van der Waals surface area contributed by atoms with E-state index in [-0.39, 0.29) is 18.1 Å². The summed E-state index contributed by atoms with van der Waals surface area (Å²) < 4.78 is 11.4. The smallest absolute Gasteiger partial charge is 0.160 e. The van der Waals surface area contributed by atoms with Crippen LogP contribution in [0.1, 0.15) is 32.1 Å². The molecule has 0 spiro atoms. The zero-order chi connectivity index (χ0) is 13.2. The van der Waals surface area contributed by atoms with Crippen molar-refractivity contribution in [1.29, 1.82) is 0 Å². The van der Waals surface area contributed by atoms with Gasteiger partial charge in [-0.3, -0.25) is 0 Å². The summed E-state index contributed by atoms with van der Waals surface area (Å²) in [6.45, 7) is 1.49. The van der Waals surface area contributed by atoms with Gasteiger partial charge in [-0.05, 0) is 50.5 Å². The van der Waals surface area contributed by atoms with Crippen molar-refractivity contribution in [2.75, 3.05) is 13.2 Å². The third kappa shape index (κ3) is 3.02. The van der Waals surface area contributed by atoms with Crippen molar-refractivity contribution >= 4 is 0 Å². The van der Waals surface area contributed by atoms with E-state index in [9.17, 15) is 5.11 Å². The van der Waals surface area contributed by atoms with Crippen LogP contribution >= 0.6 is 0 Å². The summed E-state index contributed by atoms with van der Waals surface area (Å²) in [5.41, 5.74) is 5.70. The molecule has 0 aromatic carbocycles. The summed E-state index contributed by atoms with van der Waals surface area (Å²) in [6.07, 6.45) is 9.40. The van der Waals surface area contributed by atoms with Gasteiger partial charge in [-0.1, -0.05) is 12.2 Å². The summed E-state index contributed by atoms with van der Waals surface area (Å²) in [4.78, 5) is 0. The second-order valence-corrected chi connectivity index (χ2v) is 6.27. The number of nitrogens with two attached hydrogens (primary N) is 1. The minimum absolute atomic E-state index is 0.0629. The maximum absolute atomic E-state index is 10.1. The summed E-state index contributed by atoms with van der Waals surface area (Å²) in [6, 6.07) is 0. The summed E-state index contributed by atoms with van der Waals surface area (Å²) in [7, 11) is 0. The highest BCUT2D eigenvalue weighted by Crippen LogP contribution is 2.36. The van der Waals surface area contributed by atoms with Crippen molar-refractivity contribution in [3.05, 3.63) is 12.2 Å². The van der Waals surface area contributed by atoms with Crippen LogP contribution in [0.4, 0.5) is 0 Å². The van der Waals surface area contributed by atoms with E-state index in [0.29, 0.717) is 18.4 Å². The molecule has 1 saturated carbocycles. The van der Waals surface area contributed by atoms with Crippen molar-refractivity contribution < 1.29 is 14.6 Å². The third-order valence-corrected chi connectivity index (χ3v) is 4.94. The normalized spacial score (nSPS) is 42.7. The van der Waals surface area contributed by atoms with Crippen molar-refractivity contribution in [3.63, 3.8) is 0 Å². The van der Waals surface area contributed by atoms with Gasteiger partial charge in [-0.25, -0.2) is 0 Å². The van der Waals surface area contributed by atoms with Crippen LogP contribution in [0.3, 0.4) is 0 Å². The highest BCUT2D eigenvalue weighted by molar-refractivity contribution is 5.11. The van der Waals surface area contributed by atoms with Gasteiger partial charge in [0.2, 0.25) is 0 Å². The fourth-order valence-electron chi connectivity index (χ4n) is 3.58. The van der Waals surface area contributed by atoms with Crippen molar-refractivity contribution in [3.8, 4) is 0 Å². The molecule has 0 aromatic heterocycles. The molecule has 3 N–H and O–H groups in total. The predicted octanol–water partition coefficient (Wildman–Crippen LogP) is 1.43. The third-order valence-electron chi connectivity index (χ3n) is 4.94. The fourth-order valence-corrected chi connectivity index (χ4v) is 3.58. The first-order valence-corrected chi connectivity index (χ1v) is 7.59. The Morgan fingerprint density at radius 2 is 1.95 bits per heavy atom. The van der Waals surface area contributed by atoms with Crippen LogP contribution in [0.5, 0.6) is 0 Å². The second kappa shape index (κ2) is 5.92. The minimum Gasteiger partial charge on any atom is -0.368 e. The number of hydrogen-bond acceptors (Lipinski definition) is 4. The zero-order valence-corrected chi connectivity index (χ0v) is 11.4. The molecule has 4 atom stereocenters. The van der Waals surface area contributed by atoms with E-state index in [4.69, 9.17) is 15.2 Å². The highest BCUT2D eigenvalue weighted by Gasteiger charge is 2.41. The summed E-state index contributed by atoms with van der Waals surface area (Å²) >= 11 is 0. The lowest BCUT2D eigenvalue weighted by atomic mass is 9.82. The van der Waals surface area contributed by atoms with E-state index in [1.807, 2.05) is 0 Å². The average molecular weight is 267 g/mol. The van der Waals surface area contributed by atoms with Gasteiger partial charge >= 0.3 is 0 Å². The van der Waals surface area contributed by atoms with Crippen LogP contribution < -0.4 is 5.73 Å². The van der Waals surface area contributed by atoms with Crippen LogP contribution in [0.15, 0.2) is 12.2 Å². The molecular weight excluding hydrogens is 242 g/mol. The van der Waals surface area contributed by atoms with E-state index in [2.05, 4.69) is 12.2 Å². The lowest BCUT2D eigenvalue weighted by Crippen LogP contribution is -2.32. The molecule has 0 aromatic rings. The van der Waals surface area contributed by atoms with E-state index in [1.54, 1.807) is 0 Å². The van der Waals surface area contributed by atoms with E-state index in [0.717, 1.165) is 13.0 Å². The maximum Gasteiger partial charge on any atom is 0.160 e. The Morgan fingerprint density at radius 1 is 1.21 bits per heavy atom. The van der Waals surface area contributed by atoms with E-state index >= 15 is 0 Å². The number of aliphatic hydroxyl groups excluding tert-OH is 1. The highest BCUT2D eigenvalue weighted by atomic mass is 16.6. The van der Waals surface area contributed by atoms with Crippen molar-refractivity contribution in [2.24, 2.45) is 23.5 Å². The van der Waals surface area contributed by atoms with Crippen LogP contribution in [0.25, 0.3) is 0 Å². The Hall–Kier alpha value is -0.420. The SMILES string of the molecule is NCC1CCC(COC(O)C2CC3C=CC2O3)CC1. The van der Waals surface area contributed by atoms with Gasteiger partial charge in [0.15, 0.2) is 6.29 Å². The van der Waals surface area contributed by atoms with Gasteiger partial charge in [-0.15, -0.1) is 0 Å². The molecule has 2 fully saturated rings. The fraction of sp³-hybridized carbons (Fsp3) is 0.867. The van der Waals surface area contributed by atoms with Gasteiger partial charge in [0.1, 0.15) is 0 Å². The topological polar surface area (TPSA) is 64.7 Å². The average Bonchev–Trinajstić information content (AvgIpc) is 3.08. The Bertz CT molecular complexity index is 325. The summed E-state index contributed by atoms with van der Waals surface area (Å²) in [5.74, 6) is 1.41. The standard InChI is InChI=1S/C15H25NO3/c16-8-10-1-3-11(4-2-10)9-18-15(17)13-7-12-5-6-14(13)19-12/h5-6,10-15,17H,1-4,7-9,16H2. The number of fused-ring (bicyclic) bond motifs is 2. The molecule has 108 valence electrons. The van der Waals surface area contributed by atoms with Gasteiger partial charge in [0.05, 0.1) is 18.8 Å². The van der Waals surface area contributed by atoms with Gasteiger partial charge in [0, 0.05) is 5.92 Å². The molecule has 1 aliphatic carbocycles. The molecule has 3 aliphatic rings. The molecular formula is C15H25NO3. The molecule has 4 nitrogen and oxygen atoms in total. The largest absolute Gasteiger partial charge is 0.368 e. The molecule has 2 heterocycles. The first kappa shape index (κ1) is 13.6. The van der Waals surface area contributed by atoms with E-state index < -0.39 is 6.29 Å². The van der Waals surface area contributed by atoms with Crippen LogP contribution in [0.2, 0.25) is 0 Å². The Morgan fingerprint density at radius 3 is 2.53 bits per heavy atom. The summed E-state index contributed by atoms with van der Waals surface area (Å²) in [5, 5.41) is 10.1. The van der Waals surface area contributed by atoms with Crippen LogP contribution in [-0.2, 0) is 9.47 Å². The monoisotopic (exact) mass is 267 g/mol. The molecule has 2 aliphatic heterocycles. The predicted molar refractivity (Wildman–Crippen MR) is 72.4 cm³/mol. The van der Waals surface area contributed by atoms with Crippen LogP contribution in [-0.4, -0.2) is 36.8 Å². The maximum atomic E-state index is 10.1. The Kier molecular flexibility index (Phi) is 4.22. The molecule has 19 heavy (non-hydrogen) atoms. The first-order chi connectivity index (χ1) is 9.26. The molecule has 2 bridgehead atoms. The molecule has 0 amide bonds. The van der Waals surface area contributed by atoms with Gasteiger partial charge in [-0.2, -0.15) is 0 Å². The first-order valence-electron chi connectivity index (χ1n) is 7.59. The molecule has 4 unspecified atom stereocenters. The molecule has 0 radical (unpaired) electrons.